The molecule has 2 heterocycles. The Bertz CT molecular complexity index is 599. The zero-order valence-corrected chi connectivity index (χ0v) is 10.9. The first-order valence-corrected chi connectivity index (χ1v) is 5.80. The number of nitrogens with two attached hydrogens (primary N) is 1. The Hall–Kier alpha value is -2.12. The standard InChI is InChI=1S/C11H12ClN5O2/c1-6-2-8(17-19-6)5-15-11(18)7-3-9(12)10(16-13)14-4-7/h2-4H,5,13H2,1H3,(H,14,16)(H,15,18). The number of anilines is 1. The number of nitrogens with zero attached hydrogens (tertiary/aromatic N) is 2. The van der Waals surface area contributed by atoms with Gasteiger partial charge in [0.15, 0.2) is 5.82 Å². The first-order chi connectivity index (χ1) is 9.10. The second kappa shape index (κ2) is 5.68. The van der Waals surface area contributed by atoms with Crippen LogP contribution in [0.3, 0.4) is 0 Å². The van der Waals surface area contributed by atoms with Gasteiger partial charge in [-0.2, -0.15) is 0 Å². The van der Waals surface area contributed by atoms with Gasteiger partial charge in [0.2, 0.25) is 0 Å². The third kappa shape index (κ3) is 3.21. The van der Waals surface area contributed by atoms with Gasteiger partial charge < -0.3 is 15.3 Å². The monoisotopic (exact) mass is 281 g/mol. The van der Waals surface area contributed by atoms with Crippen molar-refractivity contribution in [1.82, 2.24) is 15.5 Å². The molecule has 0 bridgehead atoms. The number of carbonyl (C=O) groups is 1. The fourth-order valence-electron chi connectivity index (χ4n) is 1.44. The molecule has 2 aromatic rings. The minimum Gasteiger partial charge on any atom is -0.361 e. The molecule has 4 N–H and O–H groups in total. The highest BCUT2D eigenvalue weighted by molar-refractivity contribution is 6.33. The molecule has 8 heteroatoms. The van der Waals surface area contributed by atoms with E-state index in [2.05, 4.69) is 20.9 Å². The minimum atomic E-state index is -0.307. The summed E-state index contributed by atoms with van der Waals surface area (Å²) in [6.45, 7) is 2.05. The molecule has 0 aliphatic carbocycles. The third-order valence-electron chi connectivity index (χ3n) is 2.35. The maximum atomic E-state index is 11.9. The van der Waals surface area contributed by atoms with Gasteiger partial charge in [-0.15, -0.1) is 0 Å². The van der Waals surface area contributed by atoms with Gasteiger partial charge in [0.1, 0.15) is 11.5 Å². The lowest BCUT2D eigenvalue weighted by molar-refractivity contribution is 0.0950. The van der Waals surface area contributed by atoms with Crippen molar-refractivity contribution in [3.05, 3.63) is 40.4 Å². The van der Waals surface area contributed by atoms with Gasteiger partial charge in [-0.25, -0.2) is 10.8 Å². The summed E-state index contributed by atoms with van der Waals surface area (Å²) in [7, 11) is 0. The van der Waals surface area contributed by atoms with Crippen LogP contribution in [-0.4, -0.2) is 16.0 Å². The van der Waals surface area contributed by atoms with E-state index in [9.17, 15) is 4.79 Å². The van der Waals surface area contributed by atoms with E-state index in [0.717, 1.165) is 0 Å². The number of pyridine rings is 1. The molecule has 0 saturated carbocycles. The van der Waals surface area contributed by atoms with Gasteiger partial charge in [0.25, 0.3) is 5.91 Å². The summed E-state index contributed by atoms with van der Waals surface area (Å²) in [4.78, 5) is 15.8. The Morgan fingerprint density at radius 1 is 1.53 bits per heavy atom. The molecule has 0 spiro atoms. The fourth-order valence-corrected chi connectivity index (χ4v) is 1.66. The number of hydrazine groups is 1. The van der Waals surface area contributed by atoms with E-state index in [-0.39, 0.29) is 17.5 Å². The summed E-state index contributed by atoms with van der Waals surface area (Å²) in [5.74, 6) is 5.89. The highest BCUT2D eigenvalue weighted by Gasteiger charge is 2.10. The molecule has 0 unspecified atom stereocenters. The SMILES string of the molecule is Cc1cc(CNC(=O)c2cnc(NN)c(Cl)c2)no1. The van der Waals surface area contributed by atoms with E-state index < -0.39 is 0 Å². The number of halogens is 1. The number of amides is 1. The molecule has 0 aromatic carbocycles. The summed E-state index contributed by atoms with van der Waals surface area (Å²) in [6, 6.07) is 3.22. The van der Waals surface area contributed by atoms with Crippen molar-refractivity contribution in [2.45, 2.75) is 13.5 Å². The van der Waals surface area contributed by atoms with Gasteiger partial charge in [-0.3, -0.25) is 4.79 Å². The lowest BCUT2D eigenvalue weighted by Gasteiger charge is -2.05. The molecule has 1 amide bonds. The van der Waals surface area contributed by atoms with E-state index in [1.165, 1.54) is 12.3 Å². The van der Waals surface area contributed by atoms with Crippen LogP contribution in [-0.2, 0) is 6.54 Å². The number of hydrogen-bond acceptors (Lipinski definition) is 6. The normalized spacial score (nSPS) is 10.3. The maximum Gasteiger partial charge on any atom is 0.253 e. The van der Waals surface area contributed by atoms with Crippen LogP contribution in [0.25, 0.3) is 0 Å². The van der Waals surface area contributed by atoms with Crippen LogP contribution in [0.5, 0.6) is 0 Å². The lowest BCUT2D eigenvalue weighted by atomic mass is 10.2. The largest absolute Gasteiger partial charge is 0.361 e. The average Bonchev–Trinajstić information content (AvgIpc) is 2.81. The highest BCUT2D eigenvalue weighted by atomic mass is 35.5. The van der Waals surface area contributed by atoms with E-state index in [4.69, 9.17) is 22.0 Å². The van der Waals surface area contributed by atoms with Crippen LogP contribution >= 0.6 is 11.6 Å². The molecule has 100 valence electrons. The van der Waals surface area contributed by atoms with Crippen molar-refractivity contribution in [1.29, 1.82) is 0 Å². The molecule has 0 fully saturated rings. The van der Waals surface area contributed by atoms with Crippen LogP contribution in [0, 0.1) is 6.92 Å². The number of rotatable bonds is 4. The third-order valence-corrected chi connectivity index (χ3v) is 2.64. The Morgan fingerprint density at radius 2 is 2.32 bits per heavy atom. The molecule has 2 aromatic heterocycles. The van der Waals surface area contributed by atoms with E-state index in [1.54, 1.807) is 13.0 Å². The first-order valence-electron chi connectivity index (χ1n) is 5.42. The van der Waals surface area contributed by atoms with Crippen molar-refractivity contribution < 1.29 is 9.32 Å². The van der Waals surface area contributed by atoms with Crippen LogP contribution in [0.15, 0.2) is 22.9 Å². The van der Waals surface area contributed by atoms with E-state index >= 15 is 0 Å². The number of hydrogen-bond donors (Lipinski definition) is 3. The topological polar surface area (TPSA) is 106 Å². The molecule has 0 aliphatic rings. The summed E-state index contributed by atoms with van der Waals surface area (Å²) in [6.07, 6.45) is 1.38. The number of aryl methyl sites for hydroxylation is 1. The van der Waals surface area contributed by atoms with Crippen molar-refractivity contribution >= 4 is 23.3 Å². The number of nitrogen functional groups attached to an aromatic ring is 1. The summed E-state index contributed by atoms with van der Waals surface area (Å²) >= 11 is 5.88. The van der Waals surface area contributed by atoms with Gasteiger partial charge in [0.05, 0.1) is 17.1 Å². The van der Waals surface area contributed by atoms with Crippen LogP contribution in [0.2, 0.25) is 5.02 Å². The van der Waals surface area contributed by atoms with Crippen molar-refractivity contribution in [3.8, 4) is 0 Å². The molecular formula is C11H12ClN5O2. The molecule has 2 rings (SSSR count). The summed E-state index contributed by atoms with van der Waals surface area (Å²) in [5, 5.41) is 6.72. The van der Waals surface area contributed by atoms with Gasteiger partial charge in [-0.05, 0) is 13.0 Å². The molecule has 0 atom stereocenters. The van der Waals surface area contributed by atoms with E-state index in [0.29, 0.717) is 22.8 Å². The zero-order chi connectivity index (χ0) is 13.8. The number of carbonyl (C=O) groups excluding carboxylic acids is 1. The Labute approximate surface area is 114 Å². The van der Waals surface area contributed by atoms with Crippen LogP contribution in [0.1, 0.15) is 21.8 Å². The van der Waals surface area contributed by atoms with Crippen molar-refractivity contribution in [2.24, 2.45) is 5.84 Å². The van der Waals surface area contributed by atoms with Gasteiger partial charge >= 0.3 is 0 Å². The second-order valence-electron chi connectivity index (χ2n) is 3.81. The molecule has 0 radical (unpaired) electrons. The Morgan fingerprint density at radius 3 is 2.89 bits per heavy atom. The predicted molar refractivity (Wildman–Crippen MR) is 69.5 cm³/mol. The quantitative estimate of drug-likeness (QED) is 0.575. The van der Waals surface area contributed by atoms with Crippen molar-refractivity contribution in [2.75, 3.05) is 5.43 Å². The Kier molecular flexibility index (Phi) is 3.98. The van der Waals surface area contributed by atoms with E-state index in [1.807, 2.05) is 0 Å². The second-order valence-corrected chi connectivity index (χ2v) is 4.22. The number of aromatic nitrogens is 2. The molecule has 0 aliphatic heterocycles. The van der Waals surface area contributed by atoms with Gasteiger partial charge in [-0.1, -0.05) is 16.8 Å². The smallest absolute Gasteiger partial charge is 0.253 e. The Balaban J connectivity index is 2.01. The predicted octanol–water partition coefficient (Wildman–Crippen LogP) is 1.25. The minimum absolute atomic E-state index is 0.269. The molecular weight excluding hydrogens is 270 g/mol. The molecule has 7 nitrogen and oxygen atoms in total. The fraction of sp³-hybridized carbons (Fsp3) is 0.182. The summed E-state index contributed by atoms with van der Waals surface area (Å²) < 4.78 is 4.89. The summed E-state index contributed by atoms with van der Waals surface area (Å²) in [5.41, 5.74) is 3.31. The maximum absolute atomic E-state index is 11.9. The first kappa shape index (κ1) is 13.3. The number of nitrogens with one attached hydrogen (secondary N) is 2. The highest BCUT2D eigenvalue weighted by Crippen LogP contribution is 2.18. The van der Waals surface area contributed by atoms with Crippen LogP contribution < -0.4 is 16.6 Å². The van der Waals surface area contributed by atoms with Gasteiger partial charge in [0, 0.05) is 12.3 Å². The molecule has 19 heavy (non-hydrogen) atoms. The molecule has 0 saturated heterocycles. The zero-order valence-electron chi connectivity index (χ0n) is 10.1. The van der Waals surface area contributed by atoms with Crippen LogP contribution in [0.4, 0.5) is 5.82 Å². The lowest BCUT2D eigenvalue weighted by Crippen LogP contribution is -2.23. The average molecular weight is 282 g/mol. The van der Waals surface area contributed by atoms with Crippen molar-refractivity contribution in [3.63, 3.8) is 0 Å².